The average Bonchev–Trinajstić information content (AvgIpc) is 3.73. The molecule has 10 rings (SSSR count). The van der Waals surface area contributed by atoms with Gasteiger partial charge in [0.15, 0.2) is 0 Å². The van der Waals surface area contributed by atoms with Gasteiger partial charge in [0.2, 0.25) is 0 Å². The fourth-order valence-corrected chi connectivity index (χ4v) is 11.8. The van der Waals surface area contributed by atoms with Crippen LogP contribution in [-0.2, 0) is 36.6 Å². The molecule has 2 aliphatic heterocycles. The number of benzene rings is 6. The summed E-state index contributed by atoms with van der Waals surface area (Å²) >= 11 is 0. The smallest absolute Gasteiger partial charge is 0.511 e. The molecule has 0 bridgehead atoms. The first kappa shape index (κ1) is 48.3. The maximum absolute atomic E-state index is 7.42. The van der Waals surface area contributed by atoms with Crippen LogP contribution in [0.15, 0.2) is 120 Å². The molecule has 0 spiro atoms. The van der Waals surface area contributed by atoms with Crippen LogP contribution in [0.5, 0.6) is 11.5 Å². The fraction of sp³-hybridized carbons (Fsp3) is 0.333. The number of ether oxygens (including phenoxy) is 2. The summed E-state index contributed by atoms with van der Waals surface area (Å²) in [5.41, 5.74) is 15.0. The Labute approximate surface area is 424 Å². The Morgan fingerprint density at radius 3 is 1.90 bits per heavy atom. The molecular weight excluding hydrogens is 1030 g/mol. The summed E-state index contributed by atoms with van der Waals surface area (Å²) in [6.07, 6.45) is 1.93. The van der Waals surface area contributed by atoms with Crippen molar-refractivity contribution in [2.45, 2.75) is 132 Å². The Bertz CT molecular complexity index is 3310. The molecule has 354 valence electrons. The first-order chi connectivity index (χ1) is 32.0. The second-order valence-electron chi connectivity index (χ2n) is 22.7. The minimum Gasteiger partial charge on any atom is -0.511 e. The molecule has 6 aromatic carbocycles. The van der Waals surface area contributed by atoms with Gasteiger partial charge >= 0.3 is 21.1 Å². The van der Waals surface area contributed by atoms with Gasteiger partial charge in [0, 0.05) is 45.5 Å². The van der Waals surface area contributed by atoms with Crippen molar-refractivity contribution in [3.63, 3.8) is 0 Å². The number of hydrogen-bond acceptors (Lipinski definition) is 4. The predicted molar refractivity (Wildman–Crippen MR) is 281 cm³/mol. The molecular formula is C63H65N3O2Pt. The van der Waals surface area contributed by atoms with Crippen LogP contribution in [0.2, 0.25) is 0 Å². The molecule has 0 aliphatic carbocycles. The van der Waals surface area contributed by atoms with Crippen LogP contribution in [-0.4, -0.2) is 26.6 Å². The molecule has 8 aromatic rings. The van der Waals surface area contributed by atoms with E-state index in [1.807, 2.05) is 6.20 Å². The monoisotopic (exact) mass is 1090 g/mol. The fourth-order valence-electron chi connectivity index (χ4n) is 11.8. The quantitative estimate of drug-likeness (QED) is 0.149. The van der Waals surface area contributed by atoms with Crippen LogP contribution in [0.4, 0.5) is 0 Å². The largest absolute Gasteiger partial charge is 2.00 e. The summed E-state index contributed by atoms with van der Waals surface area (Å²) < 4.78 is 16.9. The number of hydrogen-bond donors (Lipinski definition) is 0. The molecule has 0 saturated heterocycles. The topological polar surface area (TPSA) is 48.6 Å². The van der Waals surface area contributed by atoms with E-state index in [0.29, 0.717) is 17.4 Å². The van der Waals surface area contributed by atoms with E-state index in [2.05, 4.69) is 230 Å². The van der Waals surface area contributed by atoms with Crippen LogP contribution in [0, 0.1) is 52.2 Å². The van der Waals surface area contributed by atoms with Gasteiger partial charge in [-0.25, -0.2) is 4.98 Å². The van der Waals surface area contributed by atoms with Gasteiger partial charge in [-0.05, 0) is 103 Å². The van der Waals surface area contributed by atoms with Crippen molar-refractivity contribution in [1.29, 1.82) is 0 Å². The molecule has 0 radical (unpaired) electrons. The van der Waals surface area contributed by atoms with Crippen LogP contribution in [0.1, 0.15) is 136 Å². The summed E-state index contributed by atoms with van der Waals surface area (Å²) in [6.45, 7) is 33.8. The third kappa shape index (κ3) is 7.61. The molecule has 0 unspecified atom stereocenters. The van der Waals surface area contributed by atoms with E-state index in [4.69, 9.17) is 19.5 Å². The summed E-state index contributed by atoms with van der Waals surface area (Å²) in [5.74, 6) is 2.60. The zero-order valence-electron chi connectivity index (χ0n) is 43.0. The Morgan fingerprint density at radius 2 is 1.30 bits per heavy atom. The van der Waals surface area contributed by atoms with Gasteiger partial charge in [-0.1, -0.05) is 182 Å². The second kappa shape index (κ2) is 16.7. The molecule has 6 heteroatoms. The standard InChI is InChI=1S/C63H65N3O2.Pt/c1-37-28-40(4)53(41(5)29-37)44-31-45(58-65-62(14,63(15,68-58)60(9,10)11)55(42-22-18-16-19-23-42)43-24-20-17-21-25-43)33-47(32-44)67-52-36-51-48(30-39(52)3)49-34-46(59(6,7)8)35-50-56(49)66(51)57-54(61(50,12)13)38(2)26-27-64-57;/h16-32,34-35,55H,1-15H3;/q-2;+2/t62-,63-;/m1./s1. The van der Waals surface area contributed by atoms with Crippen molar-refractivity contribution in [2.75, 3.05) is 0 Å². The van der Waals surface area contributed by atoms with E-state index in [9.17, 15) is 0 Å². The first-order valence-electron chi connectivity index (χ1n) is 24.3. The third-order valence-electron chi connectivity index (χ3n) is 15.7. The Balaban J connectivity index is 0.00000593. The van der Waals surface area contributed by atoms with Gasteiger partial charge in [-0.15, -0.1) is 23.1 Å². The van der Waals surface area contributed by atoms with E-state index in [1.54, 1.807) is 0 Å². The summed E-state index contributed by atoms with van der Waals surface area (Å²) in [7, 11) is 0. The molecule has 5 nitrogen and oxygen atoms in total. The van der Waals surface area contributed by atoms with Crippen molar-refractivity contribution >= 4 is 27.7 Å². The first-order valence-corrected chi connectivity index (χ1v) is 24.3. The maximum atomic E-state index is 7.42. The maximum Gasteiger partial charge on any atom is 2.00 e. The van der Waals surface area contributed by atoms with E-state index in [-0.39, 0.29) is 43.2 Å². The van der Waals surface area contributed by atoms with Gasteiger partial charge < -0.3 is 14.0 Å². The van der Waals surface area contributed by atoms with Crippen molar-refractivity contribution in [2.24, 2.45) is 10.4 Å². The van der Waals surface area contributed by atoms with Gasteiger partial charge in [0.1, 0.15) is 22.9 Å². The summed E-state index contributed by atoms with van der Waals surface area (Å²) in [5, 5.41) is 2.34. The van der Waals surface area contributed by atoms with Crippen LogP contribution in [0.25, 0.3) is 38.8 Å². The average molecular weight is 1090 g/mol. The molecule has 4 heterocycles. The number of aryl methyl sites for hydroxylation is 5. The second-order valence-corrected chi connectivity index (χ2v) is 22.7. The number of pyridine rings is 1. The van der Waals surface area contributed by atoms with Crippen LogP contribution < -0.4 is 4.74 Å². The van der Waals surface area contributed by atoms with Crippen molar-refractivity contribution in [1.82, 2.24) is 9.55 Å². The molecule has 0 N–H and O–H groups in total. The SMILES string of the molecule is Cc1cc(C)c(-c2cc(Oc3[c-]c4c(cc3C)c3cc(C(C)(C)C)cc5c3n4-c3nccc(C)c3C5(C)C)[c-]c(C3=N[C@](C)(C(c4ccccc4)c4ccccc4)[C@@](C)(C(C)(C)C)O3)c2)c(C)c1.[Pt+2]. The number of rotatable bonds is 7. The van der Waals surface area contributed by atoms with E-state index in [0.717, 1.165) is 39.0 Å². The van der Waals surface area contributed by atoms with Crippen molar-refractivity contribution < 1.29 is 30.5 Å². The molecule has 0 fully saturated rings. The number of aromatic nitrogens is 2. The number of fused-ring (bicyclic) bond motifs is 5. The molecule has 69 heavy (non-hydrogen) atoms. The minimum atomic E-state index is -0.747. The zero-order valence-corrected chi connectivity index (χ0v) is 45.3. The molecule has 0 amide bonds. The number of nitrogens with zero attached hydrogens (tertiary/aromatic N) is 3. The van der Waals surface area contributed by atoms with Crippen LogP contribution >= 0.6 is 0 Å². The Kier molecular flexibility index (Phi) is 11.7. The van der Waals surface area contributed by atoms with E-state index < -0.39 is 11.1 Å². The Hall–Kier alpha value is -5.77. The van der Waals surface area contributed by atoms with Gasteiger partial charge in [0.05, 0.1) is 0 Å². The molecule has 0 saturated carbocycles. The van der Waals surface area contributed by atoms with Gasteiger partial charge in [0.25, 0.3) is 0 Å². The molecule has 2 atom stereocenters. The van der Waals surface area contributed by atoms with E-state index in [1.165, 1.54) is 61.0 Å². The minimum absolute atomic E-state index is 0. The van der Waals surface area contributed by atoms with Gasteiger partial charge in [-0.2, -0.15) is 6.07 Å². The summed E-state index contributed by atoms with van der Waals surface area (Å²) in [6, 6.07) is 47.2. The molecule has 2 aromatic heterocycles. The van der Waals surface area contributed by atoms with Gasteiger partial charge in [-0.3, -0.25) is 4.99 Å². The van der Waals surface area contributed by atoms with E-state index >= 15 is 0 Å². The Morgan fingerprint density at radius 1 is 0.681 bits per heavy atom. The zero-order chi connectivity index (χ0) is 48.5. The van der Waals surface area contributed by atoms with Crippen LogP contribution in [0.3, 0.4) is 0 Å². The van der Waals surface area contributed by atoms with Crippen molar-refractivity contribution in [3.05, 3.63) is 189 Å². The third-order valence-corrected chi connectivity index (χ3v) is 15.7. The predicted octanol–water partition coefficient (Wildman–Crippen LogP) is 15.9. The molecule has 2 aliphatic rings. The number of aliphatic imine (C=N–C) groups is 1. The normalized spacial score (nSPS) is 18.5. The van der Waals surface area contributed by atoms with Crippen molar-refractivity contribution in [3.8, 4) is 28.4 Å². The summed E-state index contributed by atoms with van der Waals surface area (Å²) in [4.78, 5) is 10.9.